The Kier molecular flexibility index (Phi) is 7.66. The Hall–Kier alpha value is -3.04. The maximum absolute atomic E-state index is 13.2. The highest BCUT2D eigenvalue weighted by molar-refractivity contribution is 7.98. The molecule has 0 saturated carbocycles. The Bertz CT molecular complexity index is 1060. The lowest BCUT2D eigenvalue weighted by Gasteiger charge is -2.26. The van der Waals surface area contributed by atoms with Crippen molar-refractivity contribution in [2.75, 3.05) is 38.8 Å². The van der Waals surface area contributed by atoms with Gasteiger partial charge < -0.3 is 24.8 Å². The second kappa shape index (κ2) is 10.7. The van der Waals surface area contributed by atoms with E-state index in [0.29, 0.717) is 12.2 Å². The molecule has 1 aliphatic carbocycles. The van der Waals surface area contributed by atoms with Crippen molar-refractivity contribution < 1.29 is 29.0 Å². The van der Waals surface area contributed by atoms with E-state index in [0.717, 1.165) is 22.3 Å². The molecule has 35 heavy (non-hydrogen) atoms. The lowest BCUT2D eigenvalue weighted by atomic mass is 9.98. The fraction of sp³-hybridized carbons (Fsp3) is 0.423. The molecule has 9 heteroatoms. The largest absolute Gasteiger partial charge is 0.479 e. The fourth-order valence-corrected chi connectivity index (χ4v) is 5.37. The third-order valence-electron chi connectivity index (χ3n) is 6.87. The molecule has 2 amide bonds. The third kappa shape index (κ3) is 5.01. The van der Waals surface area contributed by atoms with Gasteiger partial charge in [0.2, 0.25) is 5.91 Å². The van der Waals surface area contributed by atoms with Crippen molar-refractivity contribution in [1.29, 1.82) is 0 Å². The maximum atomic E-state index is 13.2. The molecule has 2 aromatic carbocycles. The second-order valence-corrected chi connectivity index (χ2v) is 9.80. The van der Waals surface area contributed by atoms with Gasteiger partial charge >= 0.3 is 12.1 Å². The number of benzene rings is 2. The van der Waals surface area contributed by atoms with Gasteiger partial charge in [0, 0.05) is 26.0 Å². The molecular formula is C26H30N2O6S. The first-order valence-corrected chi connectivity index (χ1v) is 13.0. The number of nitrogens with one attached hydrogen (secondary N) is 1. The van der Waals surface area contributed by atoms with Gasteiger partial charge in [-0.15, -0.1) is 0 Å². The number of carbonyl (C=O) groups is 3. The highest BCUT2D eigenvalue weighted by Gasteiger charge is 2.47. The van der Waals surface area contributed by atoms with E-state index in [1.165, 1.54) is 12.0 Å². The number of methoxy groups -OCH3 is 1. The van der Waals surface area contributed by atoms with E-state index < -0.39 is 23.7 Å². The second-order valence-electron chi connectivity index (χ2n) is 8.82. The van der Waals surface area contributed by atoms with E-state index in [1.54, 1.807) is 11.8 Å². The van der Waals surface area contributed by atoms with Gasteiger partial charge in [-0.1, -0.05) is 48.5 Å². The van der Waals surface area contributed by atoms with Crippen LogP contribution in [0.4, 0.5) is 4.79 Å². The average Bonchev–Trinajstić information content (AvgIpc) is 3.46. The van der Waals surface area contributed by atoms with Crippen molar-refractivity contribution in [2.24, 2.45) is 0 Å². The van der Waals surface area contributed by atoms with Gasteiger partial charge in [-0.05, 0) is 40.7 Å². The first kappa shape index (κ1) is 25.1. The molecule has 2 aliphatic rings. The molecule has 2 atom stereocenters. The number of nitrogens with zero attached hydrogens (tertiary/aromatic N) is 1. The molecule has 4 rings (SSSR count). The van der Waals surface area contributed by atoms with Crippen molar-refractivity contribution in [1.82, 2.24) is 10.2 Å². The number of likely N-dealkylation sites (tertiary alicyclic amines) is 1. The number of carboxylic acid groups (broad SMARTS) is 1. The molecule has 2 N–H and O–H groups in total. The van der Waals surface area contributed by atoms with Gasteiger partial charge in [0.1, 0.15) is 12.6 Å². The highest BCUT2D eigenvalue weighted by Crippen LogP contribution is 2.44. The minimum atomic E-state index is -1.41. The van der Waals surface area contributed by atoms with Gasteiger partial charge in [-0.3, -0.25) is 4.79 Å². The van der Waals surface area contributed by atoms with Crippen LogP contribution in [0.5, 0.6) is 0 Å². The summed E-state index contributed by atoms with van der Waals surface area (Å²) < 4.78 is 10.8. The predicted octanol–water partition coefficient (Wildman–Crippen LogP) is 3.35. The number of fused-ring (bicyclic) bond motifs is 3. The van der Waals surface area contributed by atoms with E-state index >= 15 is 0 Å². The van der Waals surface area contributed by atoms with Crippen LogP contribution in [0.2, 0.25) is 0 Å². The van der Waals surface area contributed by atoms with Crippen LogP contribution >= 0.6 is 11.8 Å². The molecule has 0 spiro atoms. The van der Waals surface area contributed by atoms with E-state index in [4.69, 9.17) is 9.47 Å². The fourth-order valence-electron chi connectivity index (χ4n) is 4.89. The van der Waals surface area contributed by atoms with Crippen molar-refractivity contribution >= 4 is 29.7 Å². The van der Waals surface area contributed by atoms with Crippen LogP contribution in [0.25, 0.3) is 11.1 Å². The minimum absolute atomic E-state index is 0.0557. The summed E-state index contributed by atoms with van der Waals surface area (Å²) in [5.74, 6) is -0.847. The van der Waals surface area contributed by atoms with E-state index in [-0.39, 0.29) is 37.9 Å². The molecule has 8 nitrogen and oxygen atoms in total. The van der Waals surface area contributed by atoms with Crippen molar-refractivity contribution in [3.05, 3.63) is 59.7 Å². The van der Waals surface area contributed by atoms with Gasteiger partial charge in [-0.25, -0.2) is 9.59 Å². The average molecular weight is 499 g/mol. The number of hydrogen-bond donors (Lipinski definition) is 2. The van der Waals surface area contributed by atoms with Gasteiger partial charge in [0.15, 0.2) is 5.60 Å². The summed E-state index contributed by atoms with van der Waals surface area (Å²) in [5.41, 5.74) is 3.08. The van der Waals surface area contributed by atoms with E-state index in [9.17, 15) is 19.5 Å². The molecule has 0 aromatic heterocycles. The van der Waals surface area contributed by atoms with Crippen LogP contribution in [0.1, 0.15) is 29.9 Å². The summed E-state index contributed by atoms with van der Waals surface area (Å²) in [6.45, 7) is 0.347. The Balaban J connectivity index is 1.42. The SMILES string of the molecule is COC1(C(=O)O)CCN(C(=O)[C@H](CCSC)NC(=O)OCC2c3ccccc3-c3ccccc32)C1. The smallest absolute Gasteiger partial charge is 0.407 e. The van der Waals surface area contributed by atoms with Crippen molar-refractivity contribution in [3.63, 3.8) is 0 Å². The van der Waals surface area contributed by atoms with E-state index in [2.05, 4.69) is 17.4 Å². The summed E-state index contributed by atoms with van der Waals surface area (Å²) in [7, 11) is 1.34. The summed E-state index contributed by atoms with van der Waals surface area (Å²) in [4.78, 5) is 39.1. The topological polar surface area (TPSA) is 105 Å². The lowest BCUT2D eigenvalue weighted by Crippen LogP contribution is -2.51. The first-order chi connectivity index (χ1) is 16.9. The number of carboxylic acids is 1. The first-order valence-electron chi connectivity index (χ1n) is 11.6. The quantitative estimate of drug-likeness (QED) is 0.546. The summed E-state index contributed by atoms with van der Waals surface area (Å²) >= 11 is 1.56. The molecular weight excluding hydrogens is 468 g/mol. The summed E-state index contributed by atoms with van der Waals surface area (Å²) in [6, 6.07) is 15.4. The highest BCUT2D eigenvalue weighted by atomic mass is 32.2. The number of thioether (sulfide) groups is 1. The molecule has 1 heterocycles. The van der Waals surface area contributed by atoms with Crippen molar-refractivity contribution in [3.8, 4) is 11.1 Å². The number of hydrogen-bond acceptors (Lipinski definition) is 6. The molecule has 186 valence electrons. The Labute approximate surface area is 209 Å². The summed E-state index contributed by atoms with van der Waals surface area (Å²) in [5, 5.41) is 12.3. The molecule has 1 fully saturated rings. The molecule has 2 aromatic rings. The number of carbonyl (C=O) groups excluding carboxylic acids is 2. The molecule has 0 bridgehead atoms. The Morgan fingerprint density at radius 3 is 2.31 bits per heavy atom. The minimum Gasteiger partial charge on any atom is -0.479 e. The standard InChI is InChI=1S/C26H30N2O6S/c1-33-26(24(30)31)12-13-28(16-26)23(29)22(11-14-35-2)27-25(32)34-15-21-19-9-5-3-7-17(19)18-8-4-6-10-20(18)21/h3-10,21-22H,11-16H2,1-2H3,(H,27,32)(H,30,31)/t22-,26?/m0/s1. The lowest BCUT2D eigenvalue weighted by molar-refractivity contribution is -0.161. The van der Waals surface area contributed by atoms with Crippen LogP contribution in [0.3, 0.4) is 0 Å². The van der Waals surface area contributed by atoms with Crippen LogP contribution in [0, 0.1) is 0 Å². The zero-order chi connectivity index (χ0) is 25.0. The van der Waals surface area contributed by atoms with Crippen molar-refractivity contribution in [2.45, 2.75) is 30.4 Å². The zero-order valence-corrected chi connectivity index (χ0v) is 20.7. The number of alkyl carbamates (subject to hydrolysis) is 1. The van der Waals surface area contributed by atoms with Gasteiger partial charge in [0.25, 0.3) is 0 Å². The van der Waals surface area contributed by atoms with Crippen LogP contribution in [-0.2, 0) is 19.1 Å². The Morgan fingerprint density at radius 2 is 1.77 bits per heavy atom. The zero-order valence-electron chi connectivity index (χ0n) is 19.9. The molecule has 1 saturated heterocycles. The number of amides is 2. The Morgan fingerprint density at radius 1 is 1.14 bits per heavy atom. The van der Waals surface area contributed by atoms with E-state index in [1.807, 2.05) is 42.7 Å². The van der Waals surface area contributed by atoms with Gasteiger partial charge in [0.05, 0.1) is 6.54 Å². The van der Waals surface area contributed by atoms with Crippen LogP contribution in [0.15, 0.2) is 48.5 Å². The van der Waals surface area contributed by atoms with Crippen LogP contribution < -0.4 is 5.32 Å². The van der Waals surface area contributed by atoms with Crippen LogP contribution in [-0.4, -0.2) is 78.4 Å². The number of rotatable bonds is 9. The molecule has 1 aliphatic heterocycles. The molecule has 0 radical (unpaired) electrons. The molecule has 1 unspecified atom stereocenters. The number of aliphatic carboxylic acids is 1. The summed E-state index contributed by atoms with van der Waals surface area (Å²) in [6.07, 6.45) is 1.87. The van der Waals surface area contributed by atoms with Gasteiger partial charge in [-0.2, -0.15) is 11.8 Å². The number of ether oxygens (including phenoxy) is 2. The predicted molar refractivity (Wildman–Crippen MR) is 134 cm³/mol. The maximum Gasteiger partial charge on any atom is 0.407 e. The normalized spacial score (nSPS) is 19.7. The monoisotopic (exact) mass is 498 g/mol. The third-order valence-corrected chi connectivity index (χ3v) is 7.51.